The van der Waals surface area contributed by atoms with Crippen molar-refractivity contribution in [3.05, 3.63) is 57.0 Å². The normalized spacial score (nSPS) is 12.0. The third-order valence-corrected chi connectivity index (χ3v) is 5.97. The van der Waals surface area contributed by atoms with Gasteiger partial charge in [-0.15, -0.1) is 0 Å². The zero-order valence-corrected chi connectivity index (χ0v) is 17.9. The molecule has 0 aliphatic rings. The summed E-state index contributed by atoms with van der Waals surface area (Å²) in [7, 11) is -3.63. The number of sulfonamides is 1. The minimum absolute atomic E-state index is 0.115. The van der Waals surface area contributed by atoms with Gasteiger partial charge in [-0.05, 0) is 79.2 Å². The van der Waals surface area contributed by atoms with Crippen LogP contribution in [0.3, 0.4) is 0 Å². The second-order valence-electron chi connectivity index (χ2n) is 6.46. The van der Waals surface area contributed by atoms with Crippen LogP contribution in [0.25, 0.3) is 0 Å². The zero-order valence-electron chi connectivity index (χ0n) is 13.9. The number of halogens is 2. The molecule has 0 atom stereocenters. The van der Waals surface area contributed by atoms with Crippen molar-refractivity contribution in [2.75, 3.05) is 5.32 Å². The van der Waals surface area contributed by atoms with E-state index < -0.39 is 15.6 Å². The van der Waals surface area contributed by atoms with Crippen molar-refractivity contribution in [3.63, 3.8) is 0 Å². The Hall–Kier alpha value is -1.22. The number of rotatable bonds is 4. The van der Waals surface area contributed by atoms with Crippen LogP contribution in [0.2, 0.25) is 0 Å². The van der Waals surface area contributed by atoms with E-state index in [1.54, 1.807) is 26.8 Å². The van der Waals surface area contributed by atoms with Gasteiger partial charge in [0.25, 0.3) is 5.91 Å². The highest BCUT2D eigenvalue weighted by Crippen LogP contribution is 2.26. The number of anilines is 1. The average molecular weight is 490 g/mol. The Morgan fingerprint density at radius 3 is 2.12 bits per heavy atom. The molecule has 0 bridgehead atoms. The molecule has 134 valence electrons. The standard InChI is InChI=1S/C17H18Br2N2O3S/c1-17(2,3)21-25(23,24)13-7-4-11(5-8-13)16(22)20-15-9-6-12(18)10-14(15)19/h4-10,21H,1-3H3,(H,20,22). The van der Waals surface area contributed by atoms with Crippen LogP contribution < -0.4 is 10.0 Å². The van der Waals surface area contributed by atoms with E-state index in [1.165, 1.54) is 24.3 Å². The van der Waals surface area contributed by atoms with Crippen molar-refractivity contribution in [1.82, 2.24) is 4.72 Å². The van der Waals surface area contributed by atoms with E-state index in [0.717, 1.165) is 8.95 Å². The molecule has 0 spiro atoms. The molecule has 0 heterocycles. The molecule has 0 saturated heterocycles. The van der Waals surface area contributed by atoms with E-state index in [2.05, 4.69) is 41.9 Å². The van der Waals surface area contributed by atoms with E-state index in [1.807, 2.05) is 12.1 Å². The number of carbonyl (C=O) groups excluding carboxylic acids is 1. The molecular formula is C17H18Br2N2O3S. The Labute approximate surface area is 164 Å². The summed E-state index contributed by atoms with van der Waals surface area (Å²) in [4.78, 5) is 12.4. The lowest BCUT2D eigenvalue weighted by Gasteiger charge is -2.20. The van der Waals surface area contributed by atoms with Gasteiger partial charge in [0.15, 0.2) is 0 Å². The van der Waals surface area contributed by atoms with Crippen molar-refractivity contribution >= 4 is 53.5 Å². The maximum atomic E-state index is 12.3. The van der Waals surface area contributed by atoms with E-state index in [9.17, 15) is 13.2 Å². The van der Waals surface area contributed by atoms with Gasteiger partial charge in [0, 0.05) is 20.0 Å². The Kier molecular flexibility index (Phi) is 6.09. The van der Waals surface area contributed by atoms with Crippen LogP contribution in [0.4, 0.5) is 5.69 Å². The van der Waals surface area contributed by atoms with Gasteiger partial charge in [0.2, 0.25) is 10.0 Å². The molecule has 0 aliphatic carbocycles. The third kappa shape index (κ3) is 5.64. The lowest BCUT2D eigenvalue weighted by molar-refractivity contribution is 0.102. The van der Waals surface area contributed by atoms with E-state index in [-0.39, 0.29) is 10.8 Å². The fourth-order valence-corrected chi connectivity index (χ4v) is 4.60. The molecule has 8 heteroatoms. The van der Waals surface area contributed by atoms with Gasteiger partial charge in [-0.3, -0.25) is 4.79 Å². The molecule has 0 unspecified atom stereocenters. The first-order chi connectivity index (χ1) is 11.5. The Bertz CT molecular complexity index is 889. The smallest absolute Gasteiger partial charge is 0.255 e. The Morgan fingerprint density at radius 1 is 1.00 bits per heavy atom. The van der Waals surface area contributed by atoms with Crippen LogP contribution in [0.15, 0.2) is 56.3 Å². The molecule has 0 radical (unpaired) electrons. The van der Waals surface area contributed by atoms with Crippen molar-refractivity contribution in [1.29, 1.82) is 0 Å². The van der Waals surface area contributed by atoms with Crippen LogP contribution in [-0.4, -0.2) is 19.9 Å². The average Bonchev–Trinajstić information content (AvgIpc) is 2.48. The summed E-state index contributed by atoms with van der Waals surface area (Å²) in [5, 5.41) is 2.78. The van der Waals surface area contributed by atoms with Crippen LogP contribution in [0.5, 0.6) is 0 Å². The minimum atomic E-state index is -3.63. The predicted molar refractivity (Wildman–Crippen MR) is 106 cm³/mol. The summed E-state index contributed by atoms with van der Waals surface area (Å²) in [6, 6.07) is 11.2. The first-order valence-corrected chi connectivity index (χ1v) is 10.5. The Balaban J connectivity index is 2.18. The second kappa shape index (κ2) is 7.57. The van der Waals surface area contributed by atoms with Gasteiger partial charge in [-0.2, -0.15) is 0 Å². The van der Waals surface area contributed by atoms with E-state index >= 15 is 0 Å². The monoisotopic (exact) mass is 488 g/mol. The summed E-state index contributed by atoms with van der Waals surface area (Å²) in [5.41, 5.74) is 0.409. The lowest BCUT2D eigenvalue weighted by Crippen LogP contribution is -2.40. The topological polar surface area (TPSA) is 75.3 Å². The third-order valence-electron chi connectivity index (χ3n) is 3.05. The van der Waals surface area contributed by atoms with E-state index in [0.29, 0.717) is 11.3 Å². The molecule has 5 nitrogen and oxygen atoms in total. The molecule has 25 heavy (non-hydrogen) atoms. The second-order valence-corrected chi connectivity index (χ2v) is 9.91. The predicted octanol–water partition coefficient (Wildman–Crippen LogP) is 4.54. The molecule has 0 saturated carbocycles. The number of nitrogens with one attached hydrogen (secondary N) is 2. The summed E-state index contributed by atoms with van der Waals surface area (Å²) >= 11 is 6.73. The maximum Gasteiger partial charge on any atom is 0.255 e. The van der Waals surface area contributed by atoms with Crippen molar-refractivity contribution < 1.29 is 13.2 Å². The molecule has 0 fully saturated rings. The largest absolute Gasteiger partial charge is 0.321 e. The maximum absolute atomic E-state index is 12.3. The quantitative estimate of drug-likeness (QED) is 0.661. The highest BCUT2D eigenvalue weighted by molar-refractivity contribution is 9.11. The van der Waals surface area contributed by atoms with Gasteiger partial charge < -0.3 is 5.32 Å². The van der Waals surface area contributed by atoms with Crippen LogP contribution in [0, 0.1) is 0 Å². The van der Waals surface area contributed by atoms with Crippen molar-refractivity contribution in [3.8, 4) is 0 Å². The van der Waals surface area contributed by atoms with Crippen molar-refractivity contribution in [2.45, 2.75) is 31.2 Å². The molecule has 0 aliphatic heterocycles. The van der Waals surface area contributed by atoms with Crippen LogP contribution in [0.1, 0.15) is 31.1 Å². The highest BCUT2D eigenvalue weighted by atomic mass is 79.9. The fourth-order valence-electron chi connectivity index (χ4n) is 2.03. The van der Waals surface area contributed by atoms with Gasteiger partial charge in [-0.25, -0.2) is 13.1 Å². The molecular weight excluding hydrogens is 472 g/mol. The number of hydrogen-bond acceptors (Lipinski definition) is 3. The van der Waals surface area contributed by atoms with Gasteiger partial charge >= 0.3 is 0 Å². The van der Waals surface area contributed by atoms with Gasteiger partial charge in [0.1, 0.15) is 0 Å². The highest BCUT2D eigenvalue weighted by Gasteiger charge is 2.22. The number of benzene rings is 2. The summed E-state index contributed by atoms with van der Waals surface area (Å²) in [6.07, 6.45) is 0. The fraction of sp³-hybridized carbons (Fsp3) is 0.235. The first-order valence-electron chi connectivity index (χ1n) is 7.38. The molecule has 2 aromatic rings. The number of carbonyl (C=O) groups is 1. The molecule has 2 rings (SSSR count). The SMILES string of the molecule is CC(C)(C)NS(=O)(=O)c1ccc(C(=O)Nc2ccc(Br)cc2Br)cc1. The lowest BCUT2D eigenvalue weighted by atomic mass is 10.1. The number of amides is 1. The molecule has 2 aromatic carbocycles. The number of hydrogen-bond donors (Lipinski definition) is 2. The van der Waals surface area contributed by atoms with Crippen LogP contribution in [-0.2, 0) is 10.0 Å². The summed E-state index contributed by atoms with van der Waals surface area (Å²) in [5.74, 6) is -0.323. The first kappa shape index (κ1) is 20.1. The van der Waals surface area contributed by atoms with Gasteiger partial charge in [-0.1, -0.05) is 15.9 Å². The summed E-state index contributed by atoms with van der Waals surface area (Å²) < 4.78 is 28.7. The molecule has 2 N–H and O–H groups in total. The zero-order chi connectivity index (χ0) is 18.8. The van der Waals surface area contributed by atoms with Crippen LogP contribution >= 0.6 is 31.9 Å². The minimum Gasteiger partial charge on any atom is -0.321 e. The van der Waals surface area contributed by atoms with Crippen molar-refractivity contribution in [2.24, 2.45) is 0 Å². The summed E-state index contributed by atoms with van der Waals surface area (Å²) in [6.45, 7) is 5.30. The molecule has 0 aromatic heterocycles. The Morgan fingerprint density at radius 2 is 1.60 bits per heavy atom. The van der Waals surface area contributed by atoms with Gasteiger partial charge in [0.05, 0.1) is 10.6 Å². The van der Waals surface area contributed by atoms with E-state index in [4.69, 9.17) is 0 Å². The molecule has 1 amide bonds.